The molecule has 1 aromatic heterocycles. The summed E-state index contributed by atoms with van der Waals surface area (Å²) < 4.78 is 12.6. The average molecular weight is 542 g/mol. The number of fused-ring (bicyclic) bond motifs is 1. The van der Waals surface area contributed by atoms with Gasteiger partial charge >= 0.3 is 0 Å². The van der Waals surface area contributed by atoms with Crippen molar-refractivity contribution in [2.75, 3.05) is 11.9 Å². The second kappa shape index (κ2) is 11.2. The van der Waals surface area contributed by atoms with Gasteiger partial charge in [0.1, 0.15) is 5.00 Å². The highest BCUT2D eigenvalue weighted by molar-refractivity contribution is 9.10. The number of thiophene rings is 1. The van der Waals surface area contributed by atoms with Gasteiger partial charge in [-0.25, -0.2) is 4.99 Å². The monoisotopic (exact) mass is 540 g/mol. The van der Waals surface area contributed by atoms with E-state index in [-0.39, 0.29) is 12.0 Å². The van der Waals surface area contributed by atoms with Crippen molar-refractivity contribution in [1.29, 1.82) is 0 Å². The molecule has 0 fully saturated rings. The van der Waals surface area contributed by atoms with Crippen LogP contribution in [0.15, 0.2) is 51.9 Å². The highest BCUT2D eigenvalue weighted by atomic mass is 79.9. The molecule has 0 radical (unpaired) electrons. The molecule has 0 unspecified atom stereocenters. The van der Waals surface area contributed by atoms with Crippen molar-refractivity contribution in [2.24, 2.45) is 4.99 Å². The van der Waals surface area contributed by atoms with E-state index in [1.165, 1.54) is 4.88 Å². The first-order valence-electron chi connectivity index (χ1n) is 11.6. The third-order valence-electron chi connectivity index (χ3n) is 5.43. The van der Waals surface area contributed by atoms with E-state index in [0.29, 0.717) is 23.7 Å². The molecule has 1 aliphatic carbocycles. The summed E-state index contributed by atoms with van der Waals surface area (Å²) >= 11 is 5.24. The number of ether oxygens (including phenoxy) is 2. The van der Waals surface area contributed by atoms with Crippen LogP contribution < -0.4 is 14.8 Å². The quantitative estimate of drug-likeness (QED) is 0.299. The number of carbonyl (C=O) groups excluding carboxylic acids is 1. The Bertz CT molecular complexity index is 1190. The van der Waals surface area contributed by atoms with E-state index < -0.39 is 0 Å². The normalized spacial score (nSPS) is 13.2. The van der Waals surface area contributed by atoms with Gasteiger partial charge in [0, 0.05) is 16.8 Å². The first-order chi connectivity index (χ1) is 16.5. The molecular formula is C27H29BrN2O3S. The standard InChI is InChI=1S/C27H29BrN2O3S/c1-4-32-22-15-18(14-21(28)25(22)33-17(2)3)16-29-27-24(20-12-8-9-13-23(20)34-27)26(31)30-19-10-6-5-7-11-19/h5-7,10-11,14-17H,4,8-9,12-13H2,1-3H3,(H,30,31). The van der Waals surface area contributed by atoms with E-state index >= 15 is 0 Å². The molecule has 1 heterocycles. The fourth-order valence-corrected chi connectivity index (χ4v) is 5.78. The molecule has 4 rings (SSSR count). The number of rotatable bonds is 8. The van der Waals surface area contributed by atoms with Gasteiger partial charge in [-0.15, -0.1) is 11.3 Å². The molecule has 5 nitrogen and oxygen atoms in total. The first-order valence-corrected chi connectivity index (χ1v) is 13.2. The van der Waals surface area contributed by atoms with E-state index in [2.05, 4.69) is 21.2 Å². The highest BCUT2D eigenvalue weighted by Gasteiger charge is 2.25. The maximum atomic E-state index is 13.3. The summed E-state index contributed by atoms with van der Waals surface area (Å²) in [6.07, 6.45) is 5.99. The molecule has 1 aliphatic rings. The third kappa shape index (κ3) is 5.70. The molecule has 34 heavy (non-hydrogen) atoms. The van der Waals surface area contributed by atoms with E-state index in [0.717, 1.165) is 52.0 Å². The Kier molecular flexibility index (Phi) is 8.06. The number of benzene rings is 2. The SMILES string of the molecule is CCOc1cc(C=Nc2sc3c(c2C(=O)Nc2ccccc2)CCCC3)cc(Br)c1OC(C)C. The van der Waals surface area contributed by atoms with Crippen LogP contribution in [0, 0.1) is 0 Å². The van der Waals surface area contributed by atoms with Gasteiger partial charge in [-0.2, -0.15) is 0 Å². The second-order valence-corrected chi connectivity index (χ2v) is 10.3. The minimum absolute atomic E-state index is 0.0261. The molecule has 3 aromatic rings. The van der Waals surface area contributed by atoms with E-state index in [1.54, 1.807) is 17.6 Å². The van der Waals surface area contributed by atoms with Crippen LogP contribution in [0.5, 0.6) is 11.5 Å². The van der Waals surface area contributed by atoms with Crippen molar-refractivity contribution in [3.05, 3.63) is 68.5 Å². The Labute approximate surface area is 213 Å². The number of carbonyl (C=O) groups is 1. The van der Waals surface area contributed by atoms with Crippen molar-refractivity contribution >= 4 is 50.1 Å². The number of para-hydroxylation sites is 1. The summed E-state index contributed by atoms with van der Waals surface area (Å²) in [6, 6.07) is 13.4. The van der Waals surface area contributed by atoms with Crippen molar-refractivity contribution in [1.82, 2.24) is 0 Å². The summed E-state index contributed by atoms with van der Waals surface area (Å²) in [6.45, 7) is 6.45. The zero-order valence-corrected chi connectivity index (χ0v) is 22.1. The van der Waals surface area contributed by atoms with Gasteiger partial charge in [-0.05, 0) is 97.8 Å². The van der Waals surface area contributed by atoms with E-state index in [1.807, 2.05) is 63.2 Å². The van der Waals surface area contributed by atoms with Crippen LogP contribution in [0.3, 0.4) is 0 Å². The van der Waals surface area contributed by atoms with Crippen molar-refractivity contribution in [2.45, 2.75) is 52.6 Å². The second-order valence-electron chi connectivity index (χ2n) is 8.40. The molecule has 7 heteroatoms. The summed E-state index contributed by atoms with van der Waals surface area (Å²) in [7, 11) is 0. The first kappa shape index (κ1) is 24.5. The fraction of sp³-hybridized carbons (Fsp3) is 0.333. The van der Waals surface area contributed by atoms with Gasteiger partial charge in [0.25, 0.3) is 5.91 Å². The molecule has 0 atom stereocenters. The number of nitrogens with one attached hydrogen (secondary N) is 1. The smallest absolute Gasteiger partial charge is 0.259 e. The molecule has 0 aliphatic heterocycles. The van der Waals surface area contributed by atoms with Crippen LogP contribution in [-0.4, -0.2) is 24.8 Å². The number of hydrogen-bond acceptors (Lipinski definition) is 5. The predicted octanol–water partition coefficient (Wildman–Crippen LogP) is 7.58. The van der Waals surface area contributed by atoms with Gasteiger partial charge < -0.3 is 14.8 Å². The Morgan fingerprint density at radius 2 is 1.97 bits per heavy atom. The van der Waals surface area contributed by atoms with E-state index in [4.69, 9.17) is 14.5 Å². The zero-order chi connectivity index (χ0) is 24.1. The highest BCUT2D eigenvalue weighted by Crippen LogP contribution is 2.41. The average Bonchev–Trinajstić information content (AvgIpc) is 3.19. The summed E-state index contributed by atoms with van der Waals surface area (Å²) in [4.78, 5) is 19.4. The maximum absolute atomic E-state index is 13.3. The Morgan fingerprint density at radius 3 is 2.71 bits per heavy atom. The molecule has 2 aromatic carbocycles. The van der Waals surface area contributed by atoms with Gasteiger partial charge in [0.2, 0.25) is 0 Å². The van der Waals surface area contributed by atoms with Crippen molar-refractivity contribution in [3.8, 4) is 11.5 Å². The molecule has 1 amide bonds. The topological polar surface area (TPSA) is 59.9 Å². The molecule has 0 saturated carbocycles. The molecule has 178 valence electrons. The number of nitrogens with zero attached hydrogens (tertiary/aromatic N) is 1. The van der Waals surface area contributed by atoms with Crippen LogP contribution in [-0.2, 0) is 12.8 Å². The van der Waals surface area contributed by atoms with Crippen molar-refractivity contribution < 1.29 is 14.3 Å². The van der Waals surface area contributed by atoms with Crippen LogP contribution in [0.25, 0.3) is 0 Å². The van der Waals surface area contributed by atoms with Gasteiger partial charge in [0.15, 0.2) is 11.5 Å². The predicted molar refractivity (Wildman–Crippen MR) is 144 cm³/mol. The van der Waals surface area contributed by atoms with E-state index in [9.17, 15) is 4.79 Å². The molecular weight excluding hydrogens is 512 g/mol. The number of amides is 1. The summed E-state index contributed by atoms with van der Waals surface area (Å²) in [5, 5.41) is 3.79. The maximum Gasteiger partial charge on any atom is 0.259 e. The minimum Gasteiger partial charge on any atom is -0.490 e. The Hall–Kier alpha value is -2.64. The van der Waals surface area contributed by atoms with Crippen LogP contribution in [0.4, 0.5) is 10.7 Å². The number of aliphatic imine (C=N–C) groups is 1. The molecule has 1 N–H and O–H groups in total. The van der Waals surface area contributed by atoms with Gasteiger partial charge in [-0.3, -0.25) is 4.79 Å². The lowest BCUT2D eigenvalue weighted by molar-refractivity contribution is 0.102. The zero-order valence-electron chi connectivity index (χ0n) is 19.7. The number of aryl methyl sites for hydroxylation is 1. The van der Waals surface area contributed by atoms with Crippen LogP contribution in [0.1, 0.15) is 60.0 Å². The summed E-state index contributed by atoms with van der Waals surface area (Å²) in [5.41, 5.74) is 3.49. The largest absolute Gasteiger partial charge is 0.490 e. The summed E-state index contributed by atoms with van der Waals surface area (Å²) in [5.74, 6) is 1.25. The number of halogens is 1. The van der Waals surface area contributed by atoms with Crippen molar-refractivity contribution in [3.63, 3.8) is 0 Å². The lowest BCUT2D eigenvalue weighted by Crippen LogP contribution is -2.14. The lowest BCUT2D eigenvalue weighted by atomic mass is 9.95. The van der Waals surface area contributed by atoms with Crippen LogP contribution >= 0.6 is 27.3 Å². The minimum atomic E-state index is -0.102. The Morgan fingerprint density at radius 1 is 1.21 bits per heavy atom. The lowest BCUT2D eigenvalue weighted by Gasteiger charge is -2.16. The molecule has 0 bridgehead atoms. The number of anilines is 1. The fourth-order valence-electron chi connectivity index (χ4n) is 4.00. The third-order valence-corrected chi connectivity index (χ3v) is 7.22. The molecule has 0 spiro atoms. The van der Waals surface area contributed by atoms with Gasteiger partial charge in [-0.1, -0.05) is 18.2 Å². The Balaban J connectivity index is 1.68. The number of hydrogen-bond donors (Lipinski definition) is 1. The van der Waals surface area contributed by atoms with Crippen LogP contribution in [0.2, 0.25) is 0 Å². The molecule has 0 saturated heterocycles. The van der Waals surface area contributed by atoms with Gasteiger partial charge in [0.05, 0.1) is 22.7 Å².